The van der Waals surface area contributed by atoms with Crippen LogP contribution in [0.15, 0.2) is 48.0 Å². The van der Waals surface area contributed by atoms with Gasteiger partial charge in [-0.2, -0.15) is 0 Å². The molecule has 59 heavy (non-hydrogen) atoms. The zero-order valence-corrected chi connectivity index (χ0v) is 34.2. The first-order valence-electron chi connectivity index (χ1n) is 19.4. The number of hydrogen-bond donors (Lipinski definition) is 5. The van der Waals surface area contributed by atoms with E-state index in [0.29, 0.717) is 5.69 Å². The van der Waals surface area contributed by atoms with Gasteiger partial charge in [0.1, 0.15) is 24.7 Å². The lowest BCUT2D eigenvalue weighted by molar-refractivity contribution is -0.144. The minimum absolute atomic E-state index is 0.0250. The fourth-order valence-corrected chi connectivity index (χ4v) is 8.10. The van der Waals surface area contributed by atoms with Gasteiger partial charge in [-0.25, -0.2) is 4.98 Å². The number of amides is 7. The van der Waals surface area contributed by atoms with Gasteiger partial charge < -0.3 is 35.4 Å². The molecule has 6 rings (SSSR count). The van der Waals surface area contributed by atoms with Crippen LogP contribution in [0.1, 0.15) is 72.0 Å². The maximum atomic E-state index is 13.9. The number of carbonyl (C=O) groups excluding carboxylic acids is 7. The maximum absolute atomic E-state index is 13.9. The highest BCUT2D eigenvalue weighted by Gasteiger charge is 2.46. The zero-order valence-electron chi connectivity index (χ0n) is 33.4. The van der Waals surface area contributed by atoms with Crippen molar-refractivity contribution in [3.63, 3.8) is 0 Å². The number of ether oxygens (including phenoxy) is 2. The van der Waals surface area contributed by atoms with Gasteiger partial charge in [-0.1, -0.05) is 51.1 Å². The van der Waals surface area contributed by atoms with Crippen LogP contribution in [0.2, 0.25) is 0 Å². The third-order valence-electron chi connectivity index (χ3n) is 10.3. The minimum Gasteiger partial charge on any atom is -0.391 e. The van der Waals surface area contributed by atoms with Crippen molar-refractivity contribution in [1.82, 2.24) is 30.7 Å². The number of aliphatic hydroxyl groups excluding tert-OH is 1. The lowest BCUT2D eigenvalue weighted by Crippen LogP contribution is -2.58. The molecule has 4 heterocycles. The summed E-state index contributed by atoms with van der Waals surface area (Å²) in [5.74, 6) is -3.78. The molecule has 2 aromatic carbocycles. The van der Waals surface area contributed by atoms with Gasteiger partial charge in [0.15, 0.2) is 0 Å². The Bertz CT molecular complexity index is 2100. The van der Waals surface area contributed by atoms with Crippen molar-refractivity contribution in [2.24, 2.45) is 5.41 Å². The van der Waals surface area contributed by atoms with Crippen LogP contribution in [0, 0.1) is 12.3 Å². The predicted octanol–water partition coefficient (Wildman–Crippen LogP) is 1.77. The molecule has 5 N–H and O–H groups in total. The molecule has 18 heteroatoms. The monoisotopic (exact) mass is 831 g/mol. The molecule has 3 aliphatic rings. The molecule has 3 aliphatic heterocycles. The fraction of sp³-hybridized carbons (Fsp3) is 0.463. The number of fused-ring (bicyclic) bond motifs is 1. The number of nitrogens with one attached hydrogen (secondary N) is 4. The molecule has 17 nitrogen and oxygen atoms in total. The number of imide groups is 2. The van der Waals surface area contributed by atoms with E-state index in [0.717, 1.165) is 26.6 Å². The van der Waals surface area contributed by atoms with Crippen LogP contribution >= 0.6 is 11.3 Å². The highest BCUT2D eigenvalue weighted by molar-refractivity contribution is 7.13. The van der Waals surface area contributed by atoms with E-state index in [-0.39, 0.29) is 76.5 Å². The van der Waals surface area contributed by atoms with Crippen LogP contribution in [-0.4, -0.2) is 125 Å². The number of piperidine rings is 1. The number of rotatable bonds is 16. The van der Waals surface area contributed by atoms with E-state index < -0.39 is 71.0 Å². The van der Waals surface area contributed by atoms with E-state index in [4.69, 9.17) is 9.47 Å². The number of nitrogens with zero attached hydrogens (tertiary/aromatic N) is 3. The number of aromatic nitrogens is 1. The number of anilines is 1. The smallest absolute Gasteiger partial charge is 0.264 e. The molecule has 2 saturated heterocycles. The fourth-order valence-electron chi connectivity index (χ4n) is 7.29. The van der Waals surface area contributed by atoms with Crippen molar-refractivity contribution in [2.75, 3.05) is 44.8 Å². The molecule has 314 valence electrons. The summed E-state index contributed by atoms with van der Waals surface area (Å²) in [4.78, 5) is 98.2. The van der Waals surface area contributed by atoms with Crippen molar-refractivity contribution < 1.29 is 48.1 Å². The van der Waals surface area contributed by atoms with E-state index in [2.05, 4.69) is 26.3 Å². The van der Waals surface area contributed by atoms with Crippen LogP contribution in [0.25, 0.3) is 10.4 Å². The number of aryl methyl sites for hydroxylation is 1. The van der Waals surface area contributed by atoms with Gasteiger partial charge in [0, 0.05) is 38.2 Å². The van der Waals surface area contributed by atoms with E-state index in [1.807, 2.05) is 31.2 Å². The Morgan fingerprint density at radius 1 is 1.02 bits per heavy atom. The number of benzene rings is 2. The molecule has 1 unspecified atom stereocenters. The number of hydrogen-bond acceptors (Lipinski definition) is 13. The number of β-amino-alcohol motifs (C(OH)–C–C–N with tert-alkyl or cyclic N) is 1. The molecule has 0 saturated carbocycles. The van der Waals surface area contributed by atoms with Gasteiger partial charge in [0.2, 0.25) is 29.5 Å². The molecule has 0 bridgehead atoms. The van der Waals surface area contributed by atoms with Gasteiger partial charge in [-0.3, -0.25) is 43.8 Å². The van der Waals surface area contributed by atoms with Gasteiger partial charge in [0.25, 0.3) is 11.8 Å². The molecule has 0 aliphatic carbocycles. The average molecular weight is 832 g/mol. The Hall–Kier alpha value is -5.56. The second kappa shape index (κ2) is 18.6. The van der Waals surface area contributed by atoms with Crippen molar-refractivity contribution in [2.45, 2.75) is 77.7 Å². The Kier molecular flexibility index (Phi) is 13.5. The summed E-state index contributed by atoms with van der Waals surface area (Å²) < 4.78 is 11.1. The zero-order chi connectivity index (χ0) is 42.4. The summed E-state index contributed by atoms with van der Waals surface area (Å²) in [6.45, 7) is 7.80. The quantitative estimate of drug-likeness (QED) is 0.103. The lowest BCUT2D eigenvalue weighted by Gasteiger charge is -2.35. The van der Waals surface area contributed by atoms with Crippen molar-refractivity contribution in [1.29, 1.82) is 0 Å². The topological polar surface area (TPSA) is 226 Å². The molecule has 3 aromatic rings. The first kappa shape index (κ1) is 43.0. The van der Waals surface area contributed by atoms with Crippen molar-refractivity contribution >= 4 is 58.4 Å². The van der Waals surface area contributed by atoms with Crippen LogP contribution in [0.4, 0.5) is 5.69 Å². The van der Waals surface area contributed by atoms with E-state index >= 15 is 0 Å². The molecule has 1 aromatic heterocycles. The SMILES string of the molecule is Cc1ncsc1-c1ccc(CNC(=O)[C@@H]2C[C@@H](O)CN2C(=O)[C@@H](NC(=O)COCCOCCNc2cccc3c2C(=O)N(C2CCC(=O)NC2=O)C3=O)C(C)(C)C)cc1. The van der Waals surface area contributed by atoms with E-state index in [1.54, 1.807) is 49.8 Å². The summed E-state index contributed by atoms with van der Waals surface area (Å²) in [5.41, 5.74) is 4.61. The largest absolute Gasteiger partial charge is 0.391 e. The number of aliphatic hydroxyl groups is 1. The highest BCUT2D eigenvalue weighted by Crippen LogP contribution is 2.33. The first-order chi connectivity index (χ1) is 28.1. The highest BCUT2D eigenvalue weighted by atomic mass is 32.1. The number of thiazole rings is 1. The standard InChI is InChI=1S/C41H49N7O10S/c1-23-34(59-22-44-23)25-10-8-24(9-11-25)19-43-36(52)30-18-26(49)20-47(30)40(56)35(41(2,3)4)45-32(51)21-58-17-16-57-15-14-42-28-7-5-6-27-33(28)39(55)48(38(27)54)29-12-13-31(50)46-37(29)53/h5-11,22,26,29-30,35,42,49H,12-21H2,1-4H3,(H,43,52)(H,45,51)(H,46,50,53)/t26-,29?,30+,35-/m1/s1. The first-order valence-corrected chi connectivity index (χ1v) is 20.3. The molecule has 4 atom stereocenters. The number of likely N-dealkylation sites (tertiary alicyclic amines) is 1. The normalized spacial score (nSPS) is 19.7. The van der Waals surface area contributed by atoms with Crippen molar-refractivity contribution in [3.05, 3.63) is 70.4 Å². The molecule has 0 spiro atoms. The summed E-state index contributed by atoms with van der Waals surface area (Å²) in [5, 5.41) is 21.4. The summed E-state index contributed by atoms with van der Waals surface area (Å²) in [7, 11) is 0. The molecule has 7 amide bonds. The summed E-state index contributed by atoms with van der Waals surface area (Å²) in [6.07, 6.45) is -0.749. The Morgan fingerprint density at radius 3 is 2.46 bits per heavy atom. The van der Waals surface area contributed by atoms with Crippen LogP contribution in [-0.2, 0) is 40.0 Å². The Balaban J connectivity index is 0.925. The molecular weight excluding hydrogens is 783 g/mol. The minimum atomic E-state index is -1.07. The van der Waals surface area contributed by atoms with Crippen LogP contribution < -0.4 is 21.3 Å². The summed E-state index contributed by atoms with van der Waals surface area (Å²) in [6, 6.07) is 9.56. The average Bonchev–Trinajstić information content (AvgIpc) is 3.88. The third kappa shape index (κ3) is 10.0. The van der Waals surface area contributed by atoms with E-state index in [9.17, 15) is 38.7 Å². The predicted molar refractivity (Wildman–Crippen MR) is 215 cm³/mol. The second-order valence-electron chi connectivity index (χ2n) is 15.7. The molecular formula is C41H49N7O10S. The van der Waals surface area contributed by atoms with Crippen molar-refractivity contribution in [3.8, 4) is 10.4 Å². The van der Waals surface area contributed by atoms with E-state index in [1.165, 1.54) is 11.0 Å². The van der Waals surface area contributed by atoms with Gasteiger partial charge >= 0.3 is 0 Å². The van der Waals surface area contributed by atoms with Gasteiger partial charge in [-0.15, -0.1) is 11.3 Å². The summed E-state index contributed by atoms with van der Waals surface area (Å²) >= 11 is 1.56. The Labute approximate surface area is 345 Å². The van der Waals surface area contributed by atoms with Gasteiger partial charge in [0.05, 0.1) is 53.1 Å². The molecule has 0 radical (unpaired) electrons. The van der Waals surface area contributed by atoms with Crippen LogP contribution in [0.5, 0.6) is 0 Å². The number of carbonyl (C=O) groups is 7. The van der Waals surface area contributed by atoms with Crippen LogP contribution in [0.3, 0.4) is 0 Å². The Morgan fingerprint density at radius 2 is 1.76 bits per heavy atom. The second-order valence-corrected chi connectivity index (χ2v) is 16.6. The van der Waals surface area contributed by atoms with Gasteiger partial charge in [-0.05, 0) is 42.0 Å². The third-order valence-corrected chi connectivity index (χ3v) is 11.3. The maximum Gasteiger partial charge on any atom is 0.264 e. The molecule has 2 fully saturated rings. The lowest BCUT2D eigenvalue weighted by atomic mass is 9.85.